The molecule has 1 unspecified atom stereocenters. The van der Waals surface area contributed by atoms with Crippen LogP contribution in [0.1, 0.15) is 54.4 Å². The minimum Gasteiger partial charge on any atom is -0.389 e. The van der Waals surface area contributed by atoms with E-state index < -0.39 is 6.10 Å². The third kappa shape index (κ3) is 5.75. The van der Waals surface area contributed by atoms with Crippen molar-refractivity contribution < 1.29 is 5.11 Å². The van der Waals surface area contributed by atoms with Gasteiger partial charge in [-0.3, -0.25) is 0 Å². The maximum Gasteiger partial charge on any atom is 0.0756 e. The van der Waals surface area contributed by atoms with E-state index in [1.54, 1.807) is 6.92 Å². The maximum atomic E-state index is 9.53. The van der Waals surface area contributed by atoms with Gasteiger partial charge >= 0.3 is 0 Å². The molecular formula is C19H30O. The van der Waals surface area contributed by atoms with Crippen molar-refractivity contribution in [1.82, 2.24) is 0 Å². The van der Waals surface area contributed by atoms with E-state index in [0.29, 0.717) is 0 Å². The average Bonchev–Trinajstić information content (AvgIpc) is 2.42. The summed E-state index contributed by atoms with van der Waals surface area (Å²) in [4.78, 5) is 0. The monoisotopic (exact) mass is 274 g/mol. The average molecular weight is 274 g/mol. The smallest absolute Gasteiger partial charge is 0.0756 e. The topological polar surface area (TPSA) is 20.2 Å². The fourth-order valence-corrected chi connectivity index (χ4v) is 2.05. The van der Waals surface area contributed by atoms with Crippen molar-refractivity contribution in [3.05, 3.63) is 58.7 Å². The zero-order chi connectivity index (χ0) is 15.7. The van der Waals surface area contributed by atoms with Crippen molar-refractivity contribution >= 4 is 0 Å². The molecule has 0 rings (SSSR count). The highest BCUT2D eigenvalue weighted by molar-refractivity contribution is 5.49. The molecule has 0 bridgehead atoms. The Hall–Kier alpha value is -1.34. The van der Waals surface area contributed by atoms with Crippen LogP contribution in [0.4, 0.5) is 0 Å². The molecule has 0 aromatic carbocycles. The van der Waals surface area contributed by atoms with E-state index in [2.05, 4.69) is 52.5 Å². The van der Waals surface area contributed by atoms with Gasteiger partial charge in [-0.2, -0.15) is 0 Å². The summed E-state index contributed by atoms with van der Waals surface area (Å²) in [5, 5.41) is 9.53. The van der Waals surface area contributed by atoms with Gasteiger partial charge < -0.3 is 5.11 Å². The Kier molecular flexibility index (Phi) is 8.91. The van der Waals surface area contributed by atoms with E-state index in [1.165, 1.54) is 22.3 Å². The van der Waals surface area contributed by atoms with E-state index in [9.17, 15) is 5.11 Å². The minimum atomic E-state index is -0.500. The molecule has 1 N–H and O–H groups in total. The number of aliphatic hydroxyl groups is 1. The van der Waals surface area contributed by atoms with E-state index in [0.717, 1.165) is 18.4 Å². The van der Waals surface area contributed by atoms with Gasteiger partial charge in [-0.1, -0.05) is 50.3 Å². The van der Waals surface area contributed by atoms with Gasteiger partial charge in [-0.05, 0) is 62.8 Å². The number of hydrogen-bond donors (Lipinski definition) is 1. The zero-order valence-corrected chi connectivity index (χ0v) is 14.0. The fraction of sp³-hybridized carbons (Fsp3) is 0.474. The van der Waals surface area contributed by atoms with Crippen LogP contribution in [0, 0.1) is 0 Å². The van der Waals surface area contributed by atoms with Gasteiger partial charge in [0.2, 0.25) is 0 Å². The first kappa shape index (κ1) is 18.7. The first-order valence-corrected chi connectivity index (χ1v) is 7.46. The fourth-order valence-electron chi connectivity index (χ4n) is 2.05. The minimum absolute atomic E-state index is 0.500. The molecule has 0 amide bonds. The van der Waals surface area contributed by atoms with Crippen LogP contribution >= 0.6 is 0 Å². The van der Waals surface area contributed by atoms with E-state index in [-0.39, 0.29) is 0 Å². The highest BCUT2D eigenvalue weighted by atomic mass is 16.3. The molecule has 0 aliphatic rings. The first-order chi connectivity index (χ1) is 9.38. The van der Waals surface area contributed by atoms with Gasteiger partial charge in [-0.15, -0.1) is 0 Å². The van der Waals surface area contributed by atoms with E-state index in [4.69, 9.17) is 0 Å². The molecule has 112 valence electrons. The second kappa shape index (κ2) is 9.55. The van der Waals surface area contributed by atoms with Crippen molar-refractivity contribution in [2.24, 2.45) is 0 Å². The molecule has 0 aromatic heterocycles. The molecule has 0 saturated heterocycles. The number of rotatable bonds is 7. The van der Waals surface area contributed by atoms with Crippen LogP contribution < -0.4 is 0 Å². The Morgan fingerprint density at radius 1 is 1.10 bits per heavy atom. The molecular weight excluding hydrogens is 244 g/mol. The lowest BCUT2D eigenvalue weighted by atomic mass is 9.92. The summed E-state index contributed by atoms with van der Waals surface area (Å²) in [6.07, 6.45) is 9.76. The third-order valence-corrected chi connectivity index (χ3v) is 3.56. The molecule has 0 aromatic rings. The van der Waals surface area contributed by atoms with Gasteiger partial charge in [-0.25, -0.2) is 0 Å². The van der Waals surface area contributed by atoms with Crippen LogP contribution in [0.2, 0.25) is 0 Å². The van der Waals surface area contributed by atoms with Crippen molar-refractivity contribution in [1.29, 1.82) is 0 Å². The van der Waals surface area contributed by atoms with E-state index >= 15 is 0 Å². The lowest BCUT2D eigenvalue weighted by molar-refractivity contribution is 0.236. The van der Waals surface area contributed by atoms with E-state index in [1.807, 2.05) is 13.0 Å². The molecule has 1 heteroatoms. The van der Waals surface area contributed by atoms with Crippen molar-refractivity contribution in [3.8, 4) is 0 Å². The summed E-state index contributed by atoms with van der Waals surface area (Å²) in [5.41, 5.74) is 6.03. The van der Waals surface area contributed by atoms with Crippen LogP contribution in [-0.4, -0.2) is 11.2 Å². The Morgan fingerprint density at radius 3 is 2.10 bits per heavy atom. The van der Waals surface area contributed by atoms with Crippen LogP contribution in [0.25, 0.3) is 0 Å². The quantitative estimate of drug-likeness (QED) is 0.607. The second-order valence-corrected chi connectivity index (χ2v) is 5.15. The molecule has 0 radical (unpaired) electrons. The Bertz CT molecular complexity index is 442. The van der Waals surface area contributed by atoms with Crippen molar-refractivity contribution in [2.45, 2.75) is 60.5 Å². The predicted octanol–water partition coefficient (Wildman–Crippen LogP) is 5.51. The lowest BCUT2D eigenvalue weighted by Crippen LogP contribution is -2.01. The first-order valence-electron chi connectivity index (χ1n) is 7.46. The second-order valence-electron chi connectivity index (χ2n) is 5.15. The van der Waals surface area contributed by atoms with Gasteiger partial charge in [0.05, 0.1) is 6.10 Å². The van der Waals surface area contributed by atoms with Gasteiger partial charge in [0.25, 0.3) is 0 Å². The summed E-state index contributed by atoms with van der Waals surface area (Å²) in [6, 6.07) is 0. The largest absolute Gasteiger partial charge is 0.389 e. The number of allylic oxidation sites excluding steroid dienone is 7. The molecule has 0 saturated carbocycles. The van der Waals surface area contributed by atoms with Crippen molar-refractivity contribution in [2.75, 3.05) is 0 Å². The zero-order valence-electron chi connectivity index (χ0n) is 14.0. The van der Waals surface area contributed by atoms with Gasteiger partial charge in [0, 0.05) is 0 Å². The Balaban J connectivity index is 5.72. The molecule has 1 nitrogen and oxygen atoms in total. The summed E-state index contributed by atoms with van der Waals surface area (Å²) in [6.45, 7) is 16.3. The van der Waals surface area contributed by atoms with Crippen LogP contribution in [0.5, 0.6) is 0 Å². The summed E-state index contributed by atoms with van der Waals surface area (Å²) in [7, 11) is 0. The Morgan fingerprint density at radius 2 is 1.70 bits per heavy atom. The normalized spacial score (nSPS) is 16.4. The van der Waals surface area contributed by atoms with Crippen LogP contribution in [-0.2, 0) is 0 Å². The molecule has 0 aliphatic carbocycles. The molecule has 0 heterocycles. The van der Waals surface area contributed by atoms with Crippen LogP contribution in [0.3, 0.4) is 0 Å². The summed E-state index contributed by atoms with van der Waals surface area (Å²) in [5.74, 6) is 0. The number of aliphatic hydroxyl groups excluding tert-OH is 1. The molecule has 0 spiro atoms. The van der Waals surface area contributed by atoms with Gasteiger partial charge in [0.1, 0.15) is 0 Å². The SMILES string of the molecule is C=C(\C=C/C(=C(/C)CC)C(/CC)=C(C)/C=C\C)C(C)O. The van der Waals surface area contributed by atoms with Crippen molar-refractivity contribution in [3.63, 3.8) is 0 Å². The van der Waals surface area contributed by atoms with Crippen LogP contribution in [0.15, 0.2) is 58.7 Å². The standard InChI is InChI=1S/C19H30O/c1-8-11-16(6)18(10-3)19(14(4)9-2)13-12-15(5)17(7)20/h8,11-13,17,20H,5,9-10H2,1-4,6-7H3/b11-8-,13-12-,18-16+,19-14+. The molecule has 1 atom stereocenters. The Labute approximate surface area is 125 Å². The van der Waals surface area contributed by atoms with Gasteiger partial charge in [0.15, 0.2) is 0 Å². The lowest BCUT2D eigenvalue weighted by Gasteiger charge is -2.14. The highest BCUT2D eigenvalue weighted by Gasteiger charge is 2.07. The summed E-state index contributed by atoms with van der Waals surface area (Å²) >= 11 is 0. The molecule has 0 aliphatic heterocycles. The maximum absolute atomic E-state index is 9.53. The molecule has 0 fully saturated rings. The predicted molar refractivity (Wildman–Crippen MR) is 90.8 cm³/mol. The highest BCUT2D eigenvalue weighted by Crippen LogP contribution is 2.26. The number of hydrogen-bond acceptors (Lipinski definition) is 1. The third-order valence-electron chi connectivity index (χ3n) is 3.56. The molecule has 20 heavy (non-hydrogen) atoms. The summed E-state index contributed by atoms with van der Waals surface area (Å²) < 4.78 is 0.